The Morgan fingerprint density at radius 1 is 1.07 bits per heavy atom. The van der Waals surface area contributed by atoms with Gasteiger partial charge in [-0.1, -0.05) is 29.8 Å². The fourth-order valence-corrected chi connectivity index (χ4v) is 4.09. The van der Waals surface area contributed by atoms with Crippen molar-refractivity contribution in [2.45, 2.75) is 33.7 Å². The van der Waals surface area contributed by atoms with Gasteiger partial charge in [-0.05, 0) is 57.0 Å². The zero-order valence-corrected chi connectivity index (χ0v) is 17.8. The van der Waals surface area contributed by atoms with Crippen LogP contribution in [0.4, 0.5) is 5.69 Å². The fourth-order valence-electron chi connectivity index (χ4n) is 2.86. The minimum Gasteiger partial charge on any atom is -0.492 e. The smallest absolute Gasteiger partial charge is 0.243 e. The number of aryl methyl sites for hydroxylation is 3. The normalized spacial score (nSPS) is 12.3. The molecule has 2 aromatic rings. The molecular weight excluding hydrogens is 376 g/mol. The Balaban J connectivity index is 2.03. The average Bonchev–Trinajstić information content (AvgIpc) is 2.62. The van der Waals surface area contributed by atoms with E-state index < -0.39 is 16.1 Å². The predicted molar refractivity (Wildman–Crippen MR) is 112 cm³/mol. The van der Waals surface area contributed by atoms with Gasteiger partial charge in [0.1, 0.15) is 18.4 Å². The van der Waals surface area contributed by atoms with Gasteiger partial charge in [0.25, 0.3) is 0 Å². The van der Waals surface area contributed by atoms with E-state index in [1.165, 1.54) is 4.31 Å². The molecule has 0 saturated heterocycles. The molecule has 2 rings (SSSR count). The monoisotopic (exact) mass is 404 g/mol. The molecule has 0 fully saturated rings. The lowest BCUT2D eigenvalue weighted by atomic mass is 10.1. The van der Waals surface area contributed by atoms with E-state index in [0.29, 0.717) is 12.3 Å². The number of carbonyl (C=O) groups is 1. The van der Waals surface area contributed by atoms with Crippen molar-refractivity contribution < 1.29 is 17.9 Å². The number of amides is 1. The Bertz CT molecular complexity index is 924. The molecule has 0 spiro atoms. The van der Waals surface area contributed by atoms with Crippen molar-refractivity contribution >= 4 is 21.6 Å². The second-order valence-corrected chi connectivity index (χ2v) is 8.84. The summed E-state index contributed by atoms with van der Waals surface area (Å²) in [7, 11) is -3.64. The van der Waals surface area contributed by atoms with Gasteiger partial charge in [0.2, 0.25) is 15.9 Å². The van der Waals surface area contributed by atoms with Crippen LogP contribution in [-0.4, -0.2) is 39.8 Å². The Morgan fingerprint density at radius 3 is 2.29 bits per heavy atom. The maximum absolute atomic E-state index is 12.6. The molecule has 0 aliphatic rings. The summed E-state index contributed by atoms with van der Waals surface area (Å²) < 4.78 is 31.6. The highest BCUT2D eigenvalue weighted by Crippen LogP contribution is 2.26. The molecule has 152 valence electrons. The number of nitrogens with zero attached hydrogens (tertiary/aromatic N) is 1. The zero-order valence-electron chi connectivity index (χ0n) is 17.0. The van der Waals surface area contributed by atoms with Crippen molar-refractivity contribution in [1.29, 1.82) is 0 Å². The summed E-state index contributed by atoms with van der Waals surface area (Å²) >= 11 is 0. The third kappa shape index (κ3) is 5.73. The number of benzene rings is 2. The van der Waals surface area contributed by atoms with Gasteiger partial charge in [0, 0.05) is 0 Å². The van der Waals surface area contributed by atoms with Crippen molar-refractivity contribution in [3.05, 3.63) is 59.2 Å². The molecule has 0 radical (unpaired) electrons. The standard InChI is InChI=1S/C21H28N2O4S/c1-15-7-10-19(11-8-15)27-13-12-22-21(24)18(4)23(28(5,25)26)20-14-16(2)6-9-17(20)3/h6-11,14,18H,12-13H2,1-5H3,(H,22,24)/t18-/m0/s1. The van der Waals surface area contributed by atoms with Crippen LogP contribution in [-0.2, 0) is 14.8 Å². The minimum absolute atomic E-state index is 0.279. The summed E-state index contributed by atoms with van der Waals surface area (Å²) in [5.74, 6) is 0.347. The van der Waals surface area contributed by atoms with E-state index in [2.05, 4.69) is 5.32 Å². The van der Waals surface area contributed by atoms with Crippen molar-refractivity contribution in [1.82, 2.24) is 5.32 Å². The van der Waals surface area contributed by atoms with Crippen molar-refractivity contribution in [2.24, 2.45) is 0 Å². The first-order valence-corrected chi connectivity index (χ1v) is 11.0. The lowest BCUT2D eigenvalue weighted by Gasteiger charge is -2.29. The number of carbonyl (C=O) groups excluding carboxylic acids is 1. The molecule has 0 aromatic heterocycles. The summed E-state index contributed by atoms with van der Waals surface area (Å²) in [6.45, 7) is 7.86. The molecule has 7 heteroatoms. The van der Waals surface area contributed by atoms with Crippen LogP contribution >= 0.6 is 0 Å². The number of hydrogen-bond acceptors (Lipinski definition) is 4. The first-order valence-electron chi connectivity index (χ1n) is 9.13. The number of hydrogen-bond donors (Lipinski definition) is 1. The third-order valence-electron chi connectivity index (χ3n) is 4.38. The Labute approximate surface area is 167 Å². The number of rotatable bonds is 8. The third-order valence-corrected chi connectivity index (χ3v) is 5.61. The van der Waals surface area contributed by atoms with E-state index >= 15 is 0 Å². The minimum atomic E-state index is -3.64. The van der Waals surface area contributed by atoms with Crippen molar-refractivity contribution in [2.75, 3.05) is 23.7 Å². The number of anilines is 1. The van der Waals surface area contributed by atoms with E-state index in [9.17, 15) is 13.2 Å². The Morgan fingerprint density at radius 2 is 1.68 bits per heavy atom. The van der Waals surface area contributed by atoms with Crippen LogP contribution in [0, 0.1) is 20.8 Å². The van der Waals surface area contributed by atoms with Crippen molar-refractivity contribution in [3.63, 3.8) is 0 Å². The maximum Gasteiger partial charge on any atom is 0.243 e. The molecular formula is C21H28N2O4S. The van der Waals surface area contributed by atoms with Gasteiger partial charge in [-0.15, -0.1) is 0 Å². The molecule has 28 heavy (non-hydrogen) atoms. The molecule has 6 nitrogen and oxygen atoms in total. The molecule has 0 heterocycles. The van der Waals surface area contributed by atoms with Gasteiger partial charge in [-0.2, -0.15) is 0 Å². The number of ether oxygens (including phenoxy) is 1. The topological polar surface area (TPSA) is 75.7 Å². The maximum atomic E-state index is 12.6. The second-order valence-electron chi connectivity index (χ2n) is 6.98. The van der Waals surface area contributed by atoms with Crippen LogP contribution in [0.2, 0.25) is 0 Å². The van der Waals surface area contributed by atoms with E-state index in [0.717, 1.165) is 28.7 Å². The molecule has 0 aliphatic carbocycles. The molecule has 0 bridgehead atoms. The average molecular weight is 405 g/mol. The molecule has 1 atom stereocenters. The summed E-state index contributed by atoms with van der Waals surface area (Å²) in [6, 6.07) is 12.3. The van der Waals surface area contributed by atoms with Gasteiger partial charge in [-0.25, -0.2) is 8.42 Å². The summed E-state index contributed by atoms with van der Waals surface area (Å²) in [4.78, 5) is 12.6. The zero-order chi connectivity index (χ0) is 20.9. The first-order chi connectivity index (χ1) is 13.1. The molecule has 2 aromatic carbocycles. The number of nitrogens with one attached hydrogen (secondary N) is 1. The van der Waals surface area contributed by atoms with E-state index in [4.69, 9.17) is 4.74 Å². The van der Waals surface area contributed by atoms with Crippen LogP contribution < -0.4 is 14.4 Å². The molecule has 0 unspecified atom stereocenters. The Hall–Kier alpha value is -2.54. The highest BCUT2D eigenvalue weighted by molar-refractivity contribution is 7.92. The highest BCUT2D eigenvalue weighted by Gasteiger charge is 2.30. The van der Waals surface area contributed by atoms with E-state index in [1.807, 2.05) is 57.2 Å². The second kappa shape index (κ2) is 9.10. The largest absolute Gasteiger partial charge is 0.492 e. The van der Waals surface area contributed by atoms with Gasteiger partial charge in [0.15, 0.2) is 0 Å². The lowest BCUT2D eigenvalue weighted by molar-refractivity contribution is -0.121. The van der Waals surface area contributed by atoms with Crippen LogP contribution in [0.3, 0.4) is 0 Å². The lowest BCUT2D eigenvalue weighted by Crippen LogP contribution is -2.48. The van der Waals surface area contributed by atoms with Crippen molar-refractivity contribution in [3.8, 4) is 5.75 Å². The van der Waals surface area contributed by atoms with Gasteiger partial charge < -0.3 is 10.1 Å². The van der Waals surface area contributed by atoms with E-state index in [-0.39, 0.29) is 12.5 Å². The quantitative estimate of drug-likeness (QED) is 0.687. The molecule has 1 N–H and O–H groups in total. The molecule has 0 aliphatic heterocycles. The SMILES string of the molecule is Cc1ccc(OCCNC(=O)[C@H](C)N(c2cc(C)ccc2C)S(C)(=O)=O)cc1. The van der Waals surface area contributed by atoms with E-state index in [1.54, 1.807) is 13.0 Å². The fraction of sp³-hybridized carbons (Fsp3) is 0.381. The van der Waals surface area contributed by atoms with Gasteiger partial charge in [-0.3, -0.25) is 9.10 Å². The van der Waals surface area contributed by atoms with Crippen LogP contribution in [0.1, 0.15) is 23.6 Å². The first kappa shape index (κ1) is 21.8. The summed E-state index contributed by atoms with van der Waals surface area (Å²) in [5, 5.41) is 2.75. The van der Waals surface area contributed by atoms with Crippen LogP contribution in [0.15, 0.2) is 42.5 Å². The number of sulfonamides is 1. The Kier molecular flexibility index (Phi) is 7.07. The van der Waals surface area contributed by atoms with Crippen LogP contribution in [0.25, 0.3) is 0 Å². The predicted octanol–water partition coefficient (Wildman–Crippen LogP) is 2.96. The summed E-state index contributed by atoms with van der Waals surface area (Å²) in [5.41, 5.74) is 3.37. The molecule has 0 saturated carbocycles. The van der Waals surface area contributed by atoms with Gasteiger partial charge in [0.05, 0.1) is 18.5 Å². The summed E-state index contributed by atoms with van der Waals surface area (Å²) in [6.07, 6.45) is 1.11. The van der Waals surface area contributed by atoms with Crippen LogP contribution in [0.5, 0.6) is 5.75 Å². The van der Waals surface area contributed by atoms with Gasteiger partial charge >= 0.3 is 0 Å². The highest BCUT2D eigenvalue weighted by atomic mass is 32.2. The molecule has 1 amide bonds.